The molecule has 1 heterocycles. The third-order valence-electron chi connectivity index (χ3n) is 3.03. The first-order valence-corrected chi connectivity index (χ1v) is 7.25. The number of aliphatic carboxylic acids is 1. The highest BCUT2D eigenvalue weighted by atomic mass is 16.4. The first-order valence-electron chi connectivity index (χ1n) is 7.25. The number of hydrogen-bond acceptors (Lipinski definition) is 4. The van der Waals surface area contributed by atoms with E-state index >= 15 is 0 Å². The van der Waals surface area contributed by atoms with E-state index in [2.05, 4.69) is 17.1 Å². The number of unbranched alkanes of at least 4 members (excludes halogenated alkanes) is 5. The Hall–Kier alpha value is -1.39. The van der Waals surface area contributed by atoms with E-state index in [9.17, 15) is 4.79 Å². The number of carboxylic acids is 1. The summed E-state index contributed by atoms with van der Waals surface area (Å²) in [5.74, 6) is 0.454. The molecular formula is C14H24N2O3. The van der Waals surface area contributed by atoms with E-state index in [-0.39, 0.29) is 6.42 Å². The molecule has 1 N–H and O–H groups in total. The van der Waals surface area contributed by atoms with Crippen LogP contribution < -0.4 is 0 Å². The summed E-state index contributed by atoms with van der Waals surface area (Å²) in [6, 6.07) is 0. The van der Waals surface area contributed by atoms with Crippen molar-refractivity contribution in [2.45, 2.75) is 71.1 Å². The molecule has 0 aliphatic rings. The van der Waals surface area contributed by atoms with Gasteiger partial charge in [-0.3, -0.25) is 4.79 Å². The lowest BCUT2D eigenvalue weighted by Gasteiger charge is -1.98. The maximum absolute atomic E-state index is 10.4. The van der Waals surface area contributed by atoms with E-state index in [0.717, 1.165) is 12.8 Å². The monoisotopic (exact) mass is 268 g/mol. The molecule has 108 valence electrons. The van der Waals surface area contributed by atoms with Gasteiger partial charge < -0.3 is 9.52 Å². The Bertz CT molecular complexity index is 363. The summed E-state index contributed by atoms with van der Waals surface area (Å²) in [5.41, 5.74) is 0. The topological polar surface area (TPSA) is 76.2 Å². The Kier molecular flexibility index (Phi) is 7.86. The predicted octanol–water partition coefficient (Wildman–Crippen LogP) is 3.38. The van der Waals surface area contributed by atoms with E-state index in [1.807, 2.05) is 0 Å². The van der Waals surface area contributed by atoms with Gasteiger partial charge in [0.15, 0.2) is 0 Å². The molecule has 5 heteroatoms. The van der Waals surface area contributed by atoms with E-state index in [1.54, 1.807) is 0 Å². The van der Waals surface area contributed by atoms with Crippen molar-refractivity contribution < 1.29 is 14.3 Å². The van der Waals surface area contributed by atoms with Crippen LogP contribution in [0.2, 0.25) is 0 Å². The van der Waals surface area contributed by atoms with Gasteiger partial charge in [0.05, 0.1) is 0 Å². The Morgan fingerprint density at radius 1 is 1.00 bits per heavy atom. The highest BCUT2D eigenvalue weighted by Crippen LogP contribution is 2.10. The van der Waals surface area contributed by atoms with Gasteiger partial charge in [-0.2, -0.15) is 0 Å². The lowest BCUT2D eigenvalue weighted by molar-refractivity contribution is -0.137. The number of carbonyl (C=O) groups is 1. The molecular weight excluding hydrogens is 244 g/mol. The summed E-state index contributed by atoms with van der Waals surface area (Å²) in [4.78, 5) is 10.4. The van der Waals surface area contributed by atoms with Crippen molar-refractivity contribution in [3.8, 4) is 0 Å². The normalized spacial score (nSPS) is 10.8. The van der Waals surface area contributed by atoms with Crippen molar-refractivity contribution in [1.82, 2.24) is 10.2 Å². The Balaban J connectivity index is 2.11. The molecule has 0 fully saturated rings. The van der Waals surface area contributed by atoms with Gasteiger partial charge in [-0.05, 0) is 12.8 Å². The predicted molar refractivity (Wildman–Crippen MR) is 72.0 cm³/mol. The second-order valence-corrected chi connectivity index (χ2v) is 4.85. The lowest BCUT2D eigenvalue weighted by atomic mass is 10.1. The number of nitrogens with zero attached hydrogens (tertiary/aromatic N) is 2. The number of aryl methyl sites for hydroxylation is 2. The van der Waals surface area contributed by atoms with Crippen LogP contribution in [0, 0.1) is 0 Å². The molecule has 0 aromatic carbocycles. The standard InChI is InChI=1S/C14H24N2O3/c1-2-3-4-5-6-7-9-12-15-16-13(19-12)10-8-11-14(17)18/h2-11H2,1H3,(H,17,18). The summed E-state index contributed by atoms with van der Waals surface area (Å²) in [6.45, 7) is 2.21. The van der Waals surface area contributed by atoms with E-state index in [1.165, 1.54) is 32.1 Å². The largest absolute Gasteiger partial charge is 0.481 e. The molecule has 0 atom stereocenters. The molecule has 0 bridgehead atoms. The molecule has 0 aliphatic heterocycles. The number of rotatable bonds is 11. The molecule has 0 radical (unpaired) electrons. The Labute approximate surface area is 114 Å². The van der Waals surface area contributed by atoms with Gasteiger partial charge in [-0.25, -0.2) is 0 Å². The van der Waals surface area contributed by atoms with Gasteiger partial charge in [0, 0.05) is 19.3 Å². The zero-order valence-electron chi connectivity index (χ0n) is 11.7. The van der Waals surface area contributed by atoms with Crippen molar-refractivity contribution >= 4 is 5.97 Å². The van der Waals surface area contributed by atoms with Gasteiger partial charge in [0.25, 0.3) is 0 Å². The average Bonchev–Trinajstić information content (AvgIpc) is 2.81. The smallest absolute Gasteiger partial charge is 0.303 e. The fourth-order valence-corrected chi connectivity index (χ4v) is 1.94. The third kappa shape index (κ3) is 7.59. The molecule has 0 amide bonds. The molecule has 1 aromatic heterocycles. The van der Waals surface area contributed by atoms with Crippen LogP contribution in [0.4, 0.5) is 0 Å². The summed E-state index contributed by atoms with van der Waals surface area (Å²) in [6.07, 6.45) is 9.53. The second kappa shape index (κ2) is 9.53. The SMILES string of the molecule is CCCCCCCCc1nnc(CCCC(=O)O)o1. The maximum atomic E-state index is 10.4. The fraction of sp³-hybridized carbons (Fsp3) is 0.786. The van der Waals surface area contributed by atoms with Gasteiger partial charge in [0.2, 0.25) is 11.8 Å². The highest BCUT2D eigenvalue weighted by Gasteiger charge is 2.06. The van der Waals surface area contributed by atoms with E-state index < -0.39 is 5.97 Å². The first kappa shape index (κ1) is 15.7. The highest BCUT2D eigenvalue weighted by molar-refractivity contribution is 5.66. The zero-order valence-corrected chi connectivity index (χ0v) is 11.7. The number of carboxylic acid groups (broad SMARTS) is 1. The minimum atomic E-state index is -0.785. The molecule has 1 aromatic rings. The molecule has 0 saturated heterocycles. The van der Waals surface area contributed by atoms with Crippen molar-refractivity contribution in [1.29, 1.82) is 0 Å². The Morgan fingerprint density at radius 3 is 2.21 bits per heavy atom. The fourth-order valence-electron chi connectivity index (χ4n) is 1.94. The summed E-state index contributed by atoms with van der Waals surface area (Å²) in [7, 11) is 0. The lowest BCUT2D eigenvalue weighted by Crippen LogP contribution is -1.95. The van der Waals surface area contributed by atoms with Gasteiger partial charge in [-0.1, -0.05) is 39.0 Å². The summed E-state index contributed by atoms with van der Waals surface area (Å²) < 4.78 is 5.48. The molecule has 5 nitrogen and oxygen atoms in total. The molecule has 0 spiro atoms. The van der Waals surface area contributed by atoms with Crippen LogP contribution in [0.15, 0.2) is 4.42 Å². The Morgan fingerprint density at radius 2 is 1.58 bits per heavy atom. The second-order valence-electron chi connectivity index (χ2n) is 4.85. The summed E-state index contributed by atoms with van der Waals surface area (Å²) in [5, 5.41) is 16.5. The van der Waals surface area contributed by atoms with Crippen LogP contribution in [0.5, 0.6) is 0 Å². The van der Waals surface area contributed by atoms with Gasteiger partial charge in [-0.15, -0.1) is 10.2 Å². The number of hydrogen-bond donors (Lipinski definition) is 1. The molecule has 1 rings (SSSR count). The number of aromatic nitrogens is 2. The molecule has 0 aliphatic carbocycles. The van der Waals surface area contributed by atoms with Gasteiger partial charge >= 0.3 is 5.97 Å². The summed E-state index contributed by atoms with van der Waals surface area (Å²) >= 11 is 0. The van der Waals surface area contributed by atoms with E-state index in [0.29, 0.717) is 24.6 Å². The van der Waals surface area contributed by atoms with E-state index in [4.69, 9.17) is 9.52 Å². The van der Waals surface area contributed by atoms with Crippen molar-refractivity contribution in [3.63, 3.8) is 0 Å². The zero-order chi connectivity index (χ0) is 13.9. The minimum Gasteiger partial charge on any atom is -0.481 e. The third-order valence-corrected chi connectivity index (χ3v) is 3.03. The van der Waals surface area contributed by atoms with Crippen LogP contribution in [-0.2, 0) is 17.6 Å². The van der Waals surface area contributed by atoms with Crippen LogP contribution in [0.25, 0.3) is 0 Å². The quantitative estimate of drug-likeness (QED) is 0.622. The van der Waals surface area contributed by atoms with Crippen LogP contribution >= 0.6 is 0 Å². The molecule has 0 saturated carbocycles. The van der Waals surface area contributed by atoms with Crippen molar-refractivity contribution in [2.75, 3.05) is 0 Å². The average molecular weight is 268 g/mol. The van der Waals surface area contributed by atoms with Crippen LogP contribution in [0.1, 0.15) is 70.1 Å². The first-order chi connectivity index (χ1) is 9.22. The molecule has 19 heavy (non-hydrogen) atoms. The van der Waals surface area contributed by atoms with Crippen molar-refractivity contribution in [2.24, 2.45) is 0 Å². The molecule has 0 unspecified atom stereocenters. The van der Waals surface area contributed by atoms with Gasteiger partial charge in [0.1, 0.15) is 0 Å². The minimum absolute atomic E-state index is 0.148. The maximum Gasteiger partial charge on any atom is 0.303 e. The van der Waals surface area contributed by atoms with Crippen LogP contribution in [0.3, 0.4) is 0 Å². The van der Waals surface area contributed by atoms with Crippen LogP contribution in [-0.4, -0.2) is 21.3 Å². The van der Waals surface area contributed by atoms with Crippen molar-refractivity contribution in [3.05, 3.63) is 11.8 Å².